The standard InChI is InChI=1S/C108H152S4.6CH3.2Sn/c1-5-9-13-17-21-25-29-33-37-41-45-49-53-57-61-87-65-73-91(74-66-87)107(92-75-67-88(68-76-92)62-58-54-50-46-42-38-34-30-26-22-18-14-10-6-2)97-85-96-98(86-95(97)103-101(107)105-99(111-103)81-83-109-105)108(102-104(96)112-100-82-84-110-106(100)102,93-77-69-89(70-78-93)63-59-55-51-47-43-39-35-31-27-23-19-15-11-7-3)94-79-71-90(72-80-94)64-60-56-52-48-44-40-36-32-28-24-20-16-12-8-4;;;;;;;;/h65-82,85-86H,5-64H2,1-4H3;6*1H3;;. The van der Waals surface area contributed by atoms with Crippen LogP contribution in [0.15, 0.2) is 121 Å². The first-order valence-electron chi connectivity index (χ1n) is 51.5. The zero-order valence-electron chi connectivity index (χ0n) is 78.6. The van der Waals surface area contributed by atoms with Crippen molar-refractivity contribution in [1.82, 2.24) is 0 Å². The third kappa shape index (κ3) is 27.5. The molecule has 0 atom stereocenters. The molecule has 2 aliphatic rings. The first kappa shape index (κ1) is 97.6. The first-order valence-corrected chi connectivity index (χ1v) is 74.7. The van der Waals surface area contributed by atoms with Gasteiger partial charge in [0.05, 0.1) is 0 Å². The molecular formula is C114H170S4Sn2. The van der Waals surface area contributed by atoms with Crippen LogP contribution in [-0.4, -0.2) is 36.8 Å². The van der Waals surface area contributed by atoms with Crippen LogP contribution >= 0.6 is 45.3 Å². The topological polar surface area (TPSA) is 0 Å². The normalized spacial score (nSPS) is 13.6. The number of hydrogen-bond donors (Lipinski definition) is 0. The molecule has 0 amide bonds. The van der Waals surface area contributed by atoms with E-state index in [0.717, 1.165) is 25.7 Å². The zero-order chi connectivity index (χ0) is 84.1. The summed E-state index contributed by atoms with van der Waals surface area (Å²) >= 11 is 3.57. The number of hydrogen-bond acceptors (Lipinski definition) is 4. The molecule has 5 aromatic carbocycles. The Kier molecular flexibility index (Phi) is 42.7. The van der Waals surface area contributed by atoms with Crippen molar-refractivity contribution in [3.8, 4) is 20.9 Å². The van der Waals surface area contributed by atoms with E-state index < -0.39 is 47.6 Å². The average molecular weight is 1910 g/mol. The van der Waals surface area contributed by atoms with E-state index in [1.807, 2.05) is 0 Å². The van der Waals surface area contributed by atoms with Crippen LogP contribution in [-0.2, 0) is 36.5 Å². The maximum absolute atomic E-state index is 2.87. The second-order valence-corrected chi connectivity index (χ2v) is 75.4. The molecule has 2 aliphatic carbocycles. The maximum atomic E-state index is 2.87. The van der Waals surface area contributed by atoms with Crippen molar-refractivity contribution in [2.75, 3.05) is 0 Å². The second kappa shape index (κ2) is 52.5. The van der Waals surface area contributed by atoms with Gasteiger partial charge in [-0.1, -0.05) is 336 Å². The third-order valence-electron chi connectivity index (χ3n) is 28.2. The zero-order valence-corrected chi connectivity index (χ0v) is 87.6. The van der Waals surface area contributed by atoms with Gasteiger partial charge >= 0.3 is 433 Å². The van der Waals surface area contributed by atoms with Crippen LogP contribution in [0.2, 0.25) is 29.6 Å². The van der Waals surface area contributed by atoms with Crippen molar-refractivity contribution in [3.05, 3.63) is 188 Å². The predicted molar refractivity (Wildman–Crippen MR) is 550 cm³/mol. The minimum atomic E-state index is -2.57. The molecule has 658 valence electrons. The van der Waals surface area contributed by atoms with Gasteiger partial charge in [0.1, 0.15) is 0 Å². The van der Waals surface area contributed by atoms with Gasteiger partial charge in [-0.3, -0.25) is 0 Å². The third-order valence-corrected chi connectivity index (χ3v) is 52.0. The van der Waals surface area contributed by atoms with Gasteiger partial charge in [0.2, 0.25) is 0 Å². The van der Waals surface area contributed by atoms with Crippen LogP contribution in [0.3, 0.4) is 0 Å². The molecule has 120 heavy (non-hydrogen) atoms. The van der Waals surface area contributed by atoms with E-state index in [1.54, 1.807) is 26.3 Å². The van der Waals surface area contributed by atoms with E-state index in [-0.39, 0.29) is 0 Å². The molecule has 4 aromatic heterocycles. The Bertz CT molecular complexity index is 3880. The Hall–Kier alpha value is -2.98. The molecule has 4 heterocycles. The molecule has 0 bridgehead atoms. The Morgan fingerprint density at radius 2 is 0.400 bits per heavy atom. The molecule has 11 rings (SSSR count). The first-order chi connectivity index (χ1) is 58.7. The van der Waals surface area contributed by atoms with E-state index in [9.17, 15) is 0 Å². The summed E-state index contributed by atoms with van der Waals surface area (Å²) in [4.78, 5) is 19.0. The number of thiophene rings is 4. The van der Waals surface area contributed by atoms with E-state index in [4.69, 9.17) is 0 Å². The van der Waals surface area contributed by atoms with Crippen molar-refractivity contribution >= 4 is 107 Å². The Morgan fingerprint density at radius 1 is 0.217 bits per heavy atom. The summed E-state index contributed by atoms with van der Waals surface area (Å²) in [6.45, 7) is 9.32. The summed E-state index contributed by atoms with van der Waals surface area (Å²) in [5, 5.41) is 0. The van der Waals surface area contributed by atoms with Crippen molar-refractivity contribution in [2.24, 2.45) is 0 Å². The Morgan fingerprint density at radius 3 is 0.583 bits per heavy atom. The fraction of sp³-hybridized carbons (Fsp3) is 0.632. The molecule has 0 spiro atoms. The molecule has 0 unspecified atom stereocenters. The number of fused-ring (bicyclic) bond motifs is 10. The van der Waals surface area contributed by atoms with E-state index in [2.05, 4.69) is 224 Å². The number of aryl methyl sites for hydroxylation is 4. The van der Waals surface area contributed by atoms with Gasteiger partial charge < -0.3 is 0 Å². The molecule has 0 saturated carbocycles. The van der Waals surface area contributed by atoms with Crippen molar-refractivity contribution in [2.45, 2.75) is 453 Å². The number of unbranched alkanes of at least 4 members (excludes halogenated alkanes) is 52. The summed E-state index contributed by atoms with van der Waals surface area (Å²) in [5.74, 6) is 0. The Balaban J connectivity index is 0.936. The van der Waals surface area contributed by atoms with E-state index >= 15 is 0 Å². The predicted octanol–water partition coefficient (Wildman–Crippen LogP) is 38.2. The molecule has 0 fully saturated rings. The van der Waals surface area contributed by atoms with Gasteiger partial charge in [0.15, 0.2) is 0 Å². The number of rotatable bonds is 66. The molecule has 6 heteroatoms. The molecular weight excluding hydrogens is 1730 g/mol. The monoisotopic (exact) mass is 1910 g/mol. The fourth-order valence-corrected chi connectivity index (χ4v) is 37.3. The van der Waals surface area contributed by atoms with Crippen molar-refractivity contribution in [1.29, 1.82) is 0 Å². The summed E-state index contributed by atoms with van der Waals surface area (Å²) in [5.41, 5.74) is 19.9. The summed E-state index contributed by atoms with van der Waals surface area (Å²) in [6, 6.07) is 53.0. The molecule has 9 aromatic rings. The van der Waals surface area contributed by atoms with E-state index in [1.165, 1.54) is 445 Å². The summed E-state index contributed by atoms with van der Waals surface area (Å²) in [6.07, 6.45) is 83.0. The van der Waals surface area contributed by atoms with Gasteiger partial charge in [-0.2, -0.15) is 0 Å². The minimum absolute atomic E-state index is 0.508. The Labute approximate surface area is 761 Å². The molecule has 0 radical (unpaired) electrons. The number of benzene rings is 5. The van der Waals surface area contributed by atoms with Gasteiger partial charge in [-0.25, -0.2) is 0 Å². The van der Waals surface area contributed by atoms with Crippen molar-refractivity contribution < 1.29 is 0 Å². The van der Waals surface area contributed by atoms with Crippen LogP contribution < -0.4 is 5.79 Å². The van der Waals surface area contributed by atoms with Gasteiger partial charge in [-0.05, 0) is 0 Å². The van der Waals surface area contributed by atoms with Crippen molar-refractivity contribution in [3.63, 3.8) is 0 Å². The summed E-state index contributed by atoms with van der Waals surface area (Å²) in [7, 11) is 0. The van der Waals surface area contributed by atoms with Crippen LogP contribution in [0.4, 0.5) is 0 Å². The fourth-order valence-electron chi connectivity index (χ4n) is 20.8. The average Bonchev–Trinajstić information content (AvgIpc) is 1.49. The van der Waals surface area contributed by atoms with Crippen LogP contribution in [0.5, 0.6) is 0 Å². The van der Waals surface area contributed by atoms with Crippen LogP contribution in [0, 0.1) is 0 Å². The van der Waals surface area contributed by atoms with Crippen LogP contribution in [0.1, 0.15) is 454 Å². The molecule has 0 saturated heterocycles. The van der Waals surface area contributed by atoms with Gasteiger partial charge in [0.25, 0.3) is 0 Å². The van der Waals surface area contributed by atoms with E-state index in [0.29, 0.717) is 0 Å². The van der Waals surface area contributed by atoms with Gasteiger partial charge in [-0.15, -0.1) is 0 Å². The molecule has 0 nitrogen and oxygen atoms in total. The SMILES string of the molecule is CCCCCCCCCCCCCCCCc1ccc(C2(c3ccc(CCCCCCCCCCCCCCCC)cc3)c3cc4c(cc3-c3sc5c[c]([Sn]([CH3])([CH3])[CH3])sc5c32)C(c2ccc(CCCCCCCCCCCCCCCC)cc2)(c2ccc(CCCCCCCCCCCCCCCC)cc2)c2c-4sc3c[c]([Sn]([CH3])([CH3])[CH3])sc23)cc1. The second-order valence-electron chi connectivity index (χ2n) is 40.3. The van der Waals surface area contributed by atoms with Gasteiger partial charge in [0, 0.05) is 0 Å². The molecule has 0 aliphatic heterocycles. The quantitative estimate of drug-likeness (QED) is 0.0263. The summed E-state index contributed by atoms with van der Waals surface area (Å²) < 4.78 is 9.55. The molecule has 0 N–H and O–H groups in total. The van der Waals surface area contributed by atoms with Crippen LogP contribution in [0.25, 0.3) is 39.7 Å².